The number of rotatable bonds is 2. The van der Waals surface area contributed by atoms with Gasteiger partial charge in [-0.25, -0.2) is 0 Å². The summed E-state index contributed by atoms with van der Waals surface area (Å²) in [5.41, 5.74) is 0.294. The molecular formula is C14H14N2O2. The summed E-state index contributed by atoms with van der Waals surface area (Å²) in [5.74, 6) is 0. The topological polar surface area (TPSA) is 65.7 Å². The highest BCUT2D eigenvalue weighted by molar-refractivity contribution is 5.47. The van der Waals surface area contributed by atoms with E-state index >= 15 is 0 Å². The smallest absolute Gasteiger partial charge is 0.272 e. The van der Waals surface area contributed by atoms with E-state index in [4.69, 9.17) is 0 Å². The summed E-state index contributed by atoms with van der Waals surface area (Å²) < 4.78 is 0. The summed E-state index contributed by atoms with van der Waals surface area (Å²) in [6, 6.07) is 9.37. The van der Waals surface area contributed by atoms with E-state index in [9.17, 15) is 9.59 Å². The quantitative estimate of drug-likeness (QED) is 0.783. The van der Waals surface area contributed by atoms with Crippen molar-refractivity contribution in [3.8, 4) is 0 Å². The van der Waals surface area contributed by atoms with Crippen molar-refractivity contribution in [1.29, 1.82) is 0 Å². The van der Waals surface area contributed by atoms with Gasteiger partial charge in [0.1, 0.15) is 10.7 Å². The molecule has 0 radical (unpaired) electrons. The number of H-pyrrole nitrogens is 2. The monoisotopic (exact) mass is 242 g/mol. The van der Waals surface area contributed by atoms with Crippen molar-refractivity contribution in [3.05, 3.63) is 67.3 Å². The van der Waals surface area contributed by atoms with Crippen LogP contribution in [0.1, 0.15) is 18.9 Å². The first-order valence-corrected chi connectivity index (χ1v) is 5.80. The maximum Gasteiger partial charge on any atom is 0.272 e. The molecule has 1 aromatic heterocycles. The van der Waals surface area contributed by atoms with Crippen LogP contribution in [0, 0.1) is 0 Å². The third kappa shape index (κ3) is 2.66. The molecule has 92 valence electrons. The van der Waals surface area contributed by atoms with Crippen molar-refractivity contribution in [2.75, 3.05) is 0 Å². The summed E-state index contributed by atoms with van der Waals surface area (Å²) in [7, 11) is 0. The summed E-state index contributed by atoms with van der Waals surface area (Å²) in [6.07, 6.45) is 4.03. The van der Waals surface area contributed by atoms with Crippen LogP contribution in [0.4, 0.5) is 0 Å². The summed E-state index contributed by atoms with van der Waals surface area (Å²) in [5, 5.41) is 0.576. The van der Waals surface area contributed by atoms with Gasteiger partial charge < -0.3 is 9.97 Å². The number of hydrogen-bond acceptors (Lipinski definition) is 2. The third-order valence-corrected chi connectivity index (χ3v) is 2.50. The second-order valence-corrected chi connectivity index (χ2v) is 3.90. The van der Waals surface area contributed by atoms with Crippen molar-refractivity contribution in [1.82, 2.24) is 9.97 Å². The Morgan fingerprint density at radius 1 is 1.00 bits per heavy atom. The minimum absolute atomic E-state index is 0.263. The molecule has 0 aliphatic carbocycles. The normalized spacial score (nSPS) is 12.9. The third-order valence-electron chi connectivity index (χ3n) is 2.50. The standard InChI is InChI=1S/C14H14N2O2/c1-2-6-11-13(17)16-12(14(18)15-11)9-10-7-4-3-5-8-10/h3-9H,2H2,1H3,(H,15,18)(H,16,17)/b11-6+,12-9+. The molecule has 2 aromatic rings. The molecular weight excluding hydrogens is 228 g/mol. The predicted octanol–water partition coefficient (Wildman–Crippen LogP) is 0.0825. The Bertz CT molecular complexity index is 755. The summed E-state index contributed by atoms with van der Waals surface area (Å²) in [4.78, 5) is 28.7. The van der Waals surface area contributed by atoms with E-state index < -0.39 is 0 Å². The van der Waals surface area contributed by atoms with E-state index in [1.165, 1.54) is 0 Å². The Morgan fingerprint density at radius 2 is 1.61 bits per heavy atom. The van der Waals surface area contributed by atoms with E-state index in [2.05, 4.69) is 9.97 Å². The van der Waals surface area contributed by atoms with Gasteiger partial charge in [-0.3, -0.25) is 9.59 Å². The lowest BCUT2D eigenvalue weighted by Crippen LogP contribution is -2.46. The first kappa shape index (κ1) is 12.1. The Morgan fingerprint density at radius 3 is 2.28 bits per heavy atom. The zero-order valence-electron chi connectivity index (χ0n) is 10.1. The molecule has 2 rings (SSSR count). The zero-order valence-corrected chi connectivity index (χ0v) is 10.1. The van der Waals surface area contributed by atoms with Gasteiger partial charge in [-0.2, -0.15) is 0 Å². The minimum atomic E-state index is -0.293. The molecule has 1 heterocycles. The maximum atomic E-state index is 11.8. The van der Waals surface area contributed by atoms with Gasteiger partial charge in [-0.15, -0.1) is 0 Å². The summed E-state index contributed by atoms with van der Waals surface area (Å²) in [6.45, 7) is 1.90. The summed E-state index contributed by atoms with van der Waals surface area (Å²) >= 11 is 0. The van der Waals surface area contributed by atoms with Crippen LogP contribution < -0.4 is 21.8 Å². The molecule has 0 fully saturated rings. The molecule has 18 heavy (non-hydrogen) atoms. The molecule has 0 aliphatic heterocycles. The first-order chi connectivity index (χ1) is 8.70. The fraction of sp³-hybridized carbons (Fsp3) is 0.143. The van der Waals surface area contributed by atoms with Gasteiger partial charge >= 0.3 is 0 Å². The number of aromatic amines is 2. The van der Waals surface area contributed by atoms with Crippen LogP contribution in [0.3, 0.4) is 0 Å². The molecule has 1 aromatic carbocycles. The van der Waals surface area contributed by atoms with E-state index in [1.807, 2.05) is 37.3 Å². The Kier molecular flexibility index (Phi) is 3.57. The highest BCUT2D eigenvalue weighted by Crippen LogP contribution is 1.96. The van der Waals surface area contributed by atoms with Crippen LogP contribution in [-0.4, -0.2) is 9.97 Å². The Balaban J connectivity index is 2.65. The van der Waals surface area contributed by atoms with Gasteiger partial charge in [-0.05, 0) is 18.1 Å². The van der Waals surface area contributed by atoms with Gasteiger partial charge in [0.25, 0.3) is 11.1 Å². The van der Waals surface area contributed by atoms with E-state index in [1.54, 1.807) is 12.2 Å². The lowest BCUT2D eigenvalue weighted by atomic mass is 10.2. The molecule has 0 unspecified atom stereocenters. The van der Waals surface area contributed by atoms with Gasteiger partial charge in [0.2, 0.25) is 0 Å². The SMILES string of the molecule is CC/C=c1/[nH]c(=O)/c(=C\c2ccccc2)[nH]c1=O. The Labute approximate surface area is 103 Å². The molecule has 0 aliphatic rings. The van der Waals surface area contributed by atoms with Crippen LogP contribution in [0.2, 0.25) is 0 Å². The zero-order chi connectivity index (χ0) is 13.0. The molecule has 0 spiro atoms. The van der Waals surface area contributed by atoms with Crippen LogP contribution in [0.15, 0.2) is 39.9 Å². The molecule has 4 nitrogen and oxygen atoms in total. The average molecular weight is 242 g/mol. The van der Waals surface area contributed by atoms with E-state index in [0.717, 1.165) is 5.56 Å². The minimum Gasteiger partial charge on any atom is -0.316 e. The van der Waals surface area contributed by atoms with Gasteiger partial charge in [0, 0.05) is 0 Å². The van der Waals surface area contributed by atoms with E-state index in [0.29, 0.717) is 11.8 Å². The maximum absolute atomic E-state index is 11.8. The first-order valence-electron chi connectivity index (χ1n) is 5.80. The van der Waals surface area contributed by atoms with Gasteiger partial charge in [0.05, 0.1) is 0 Å². The molecule has 0 saturated heterocycles. The van der Waals surface area contributed by atoms with Crippen LogP contribution in [0.5, 0.6) is 0 Å². The Hall–Kier alpha value is -2.36. The molecule has 4 heteroatoms. The van der Waals surface area contributed by atoms with Crippen molar-refractivity contribution in [2.45, 2.75) is 13.3 Å². The highest BCUT2D eigenvalue weighted by atomic mass is 16.1. The molecule has 0 atom stereocenters. The highest BCUT2D eigenvalue weighted by Gasteiger charge is 1.94. The predicted molar refractivity (Wildman–Crippen MR) is 71.7 cm³/mol. The second-order valence-electron chi connectivity index (χ2n) is 3.90. The second kappa shape index (κ2) is 5.31. The largest absolute Gasteiger partial charge is 0.316 e. The number of hydrogen-bond donors (Lipinski definition) is 2. The van der Waals surface area contributed by atoms with Gasteiger partial charge in [-0.1, -0.05) is 43.3 Å². The van der Waals surface area contributed by atoms with Crippen LogP contribution in [-0.2, 0) is 0 Å². The molecule has 0 saturated carbocycles. The molecule has 0 bridgehead atoms. The van der Waals surface area contributed by atoms with E-state index in [-0.39, 0.29) is 16.5 Å². The van der Waals surface area contributed by atoms with Crippen molar-refractivity contribution in [2.24, 2.45) is 0 Å². The fourth-order valence-corrected chi connectivity index (χ4v) is 1.66. The number of benzene rings is 1. The van der Waals surface area contributed by atoms with Crippen molar-refractivity contribution < 1.29 is 0 Å². The van der Waals surface area contributed by atoms with Crippen molar-refractivity contribution >= 4 is 12.2 Å². The van der Waals surface area contributed by atoms with Crippen LogP contribution >= 0.6 is 0 Å². The lowest BCUT2D eigenvalue weighted by Gasteiger charge is -1.92. The van der Waals surface area contributed by atoms with Gasteiger partial charge in [0.15, 0.2) is 0 Å². The molecule has 0 amide bonds. The average Bonchev–Trinajstić information content (AvgIpc) is 2.37. The molecule has 2 N–H and O–H groups in total. The van der Waals surface area contributed by atoms with Crippen LogP contribution in [0.25, 0.3) is 12.2 Å². The number of aromatic nitrogens is 2. The fourth-order valence-electron chi connectivity index (χ4n) is 1.66. The lowest BCUT2D eigenvalue weighted by molar-refractivity contribution is 0.995. The number of nitrogens with one attached hydrogen (secondary N) is 2. The van der Waals surface area contributed by atoms with Crippen molar-refractivity contribution in [3.63, 3.8) is 0 Å².